The van der Waals surface area contributed by atoms with Crippen LogP contribution in [0.5, 0.6) is 0 Å². The molecule has 1 aromatic carbocycles. The Balaban J connectivity index is 2.57. The van der Waals surface area contributed by atoms with E-state index in [1.165, 1.54) is 0 Å². The number of amides is 1. The SMILES string of the molecule is CCNC(=O)c1cnc(NCC)c2ccccc12. The number of carbonyl (C=O) groups excluding carboxylic acids is 1. The van der Waals surface area contributed by atoms with Crippen LogP contribution in [0, 0.1) is 0 Å². The summed E-state index contributed by atoms with van der Waals surface area (Å²) in [7, 11) is 0. The van der Waals surface area contributed by atoms with Crippen molar-refractivity contribution in [1.29, 1.82) is 0 Å². The van der Waals surface area contributed by atoms with Crippen molar-refractivity contribution in [3.63, 3.8) is 0 Å². The number of benzene rings is 1. The molecule has 0 bridgehead atoms. The highest BCUT2D eigenvalue weighted by Gasteiger charge is 2.12. The van der Waals surface area contributed by atoms with E-state index in [0.29, 0.717) is 12.1 Å². The van der Waals surface area contributed by atoms with Gasteiger partial charge in [-0.05, 0) is 19.2 Å². The van der Waals surface area contributed by atoms with Gasteiger partial charge in [-0.1, -0.05) is 24.3 Å². The van der Waals surface area contributed by atoms with Crippen LogP contribution >= 0.6 is 0 Å². The topological polar surface area (TPSA) is 54.0 Å². The third-order valence-corrected chi connectivity index (χ3v) is 2.72. The second-order valence-corrected chi connectivity index (χ2v) is 3.96. The Kier molecular flexibility index (Phi) is 3.77. The lowest BCUT2D eigenvalue weighted by molar-refractivity contribution is 0.0957. The molecular weight excluding hydrogens is 226 g/mol. The first-order chi connectivity index (χ1) is 8.77. The van der Waals surface area contributed by atoms with Gasteiger partial charge in [-0.15, -0.1) is 0 Å². The lowest BCUT2D eigenvalue weighted by Crippen LogP contribution is -2.23. The molecule has 4 heteroatoms. The molecule has 1 heterocycles. The Morgan fingerprint density at radius 2 is 1.89 bits per heavy atom. The van der Waals surface area contributed by atoms with Gasteiger partial charge < -0.3 is 10.6 Å². The van der Waals surface area contributed by atoms with E-state index in [4.69, 9.17) is 0 Å². The van der Waals surface area contributed by atoms with Crippen molar-refractivity contribution in [3.05, 3.63) is 36.0 Å². The lowest BCUT2D eigenvalue weighted by atomic mass is 10.1. The van der Waals surface area contributed by atoms with Gasteiger partial charge in [-0.25, -0.2) is 4.98 Å². The first-order valence-corrected chi connectivity index (χ1v) is 6.17. The second-order valence-electron chi connectivity index (χ2n) is 3.96. The third-order valence-electron chi connectivity index (χ3n) is 2.72. The molecule has 1 aromatic heterocycles. The van der Waals surface area contributed by atoms with Crippen LogP contribution in [-0.2, 0) is 0 Å². The molecule has 0 atom stereocenters. The smallest absolute Gasteiger partial charge is 0.253 e. The minimum atomic E-state index is -0.0794. The quantitative estimate of drug-likeness (QED) is 0.867. The highest BCUT2D eigenvalue weighted by molar-refractivity contribution is 6.09. The minimum Gasteiger partial charge on any atom is -0.370 e. The van der Waals surface area contributed by atoms with E-state index in [2.05, 4.69) is 15.6 Å². The highest BCUT2D eigenvalue weighted by atomic mass is 16.1. The maximum atomic E-state index is 12.0. The van der Waals surface area contributed by atoms with Crippen molar-refractivity contribution in [2.75, 3.05) is 18.4 Å². The summed E-state index contributed by atoms with van der Waals surface area (Å²) in [5.41, 5.74) is 0.620. The van der Waals surface area contributed by atoms with E-state index >= 15 is 0 Å². The van der Waals surface area contributed by atoms with E-state index in [0.717, 1.165) is 23.1 Å². The zero-order chi connectivity index (χ0) is 13.0. The summed E-state index contributed by atoms with van der Waals surface area (Å²) >= 11 is 0. The molecular formula is C14H17N3O. The number of aromatic nitrogens is 1. The van der Waals surface area contributed by atoms with Gasteiger partial charge in [0.1, 0.15) is 5.82 Å². The molecule has 94 valence electrons. The number of hydrogen-bond donors (Lipinski definition) is 2. The summed E-state index contributed by atoms with van der Waals surface area (Å²) in [6, 6.07) is 7.80. The molecule has 2 aromatic rings. The Morgan fingerprint density at radius 1 is 1.17 bits per heavy atom. The number of fused-ring (bicyclic) bond motifs is 1. The van der Waals surface area contributed by atoms with Gasteiger partial charge in [0.05, 0.1) is 5.56 Å². The summed E-state index contributed by atoms with van der Waals surface area (Å²) in [5, 5.41) is 7.91. The molecule has 18 heavy (non-hydrogen) atoms. The highest BCUT2D eigenvalue weighted by Crippen LogP contribution is 2.24. The van der Waals surface area contributed by atoms with E-state index < -0.39 is 0 Å². The molecule has 0 unspecified atom stereocenters. The normalized spacial score (nSPS) is 10.3. The molecule has 1 amide bonds. The summed E-state index contributed by atoms with van der Waals surface area (Å²) in [5.74, 6) is 0.741. The zero-order valence-corrected chi connectivity index (χ0v) is 10.7. The van der Waals surface area contributed by atoms with Crippen LogP contribution in [0.4, 0.5) is 5.82 Å². The Bertz CT molecular complexity index is 566. The van der Waals surface area contributed by atoms with Crippen LogP contribution in [0.2, 0.25) is 0 Å². The first-order valence-electron chi connectivity index (χ1n) is 6.17. The van der Waals surface area contributed by atoms with Gasteiger partial charge in [-0.2, -0.15) is 0 Å². The summed E-state index contributed by atoms with van der Waals surface area (Å²) in [6.07, 6.45) is 1.63. The average Bonchev–Trinajstić information content (AvgIpc) is 2.39. The van der Waals surface area contributed by atoms with Crippen LogP contribution in [0.3, 0.4) is 0 Å². The number of anilines is 1. The fraction of sp³-hybridized carbons (Fsp3) is 0.286. The van der Waals surface area contributed by atoms with Crippen LogP contribution in [0.1, 0.15) is 24.2 Å². The van der Waals surface area contributed by atoms with Crippen LogP contribution in [-0.4, -0.2) is 24.0 Å². The van der Waals surface area contributed by atoms with E-state index in [1.54, 1.807) is 6.20 Å². The standard InChI is InChI=1S/C14H17N3O/c1-3-15-13-11-8-6-5-7-10(11)12(9-17-13)14(18)16-4-2/h5-9H,3-4H2,1-2H3,(H,15,17)(H,16,18). The zero-order valence-electron chi connectivity index (χ0n) is 10.7. The fourth-order valence-corrected chi connectivity index (χ4v) is 1.94. The molecule has 2 rings (SSSR count). The van der Waals surface area contributed by atoms with Crippen LogP contribution < -0.4 is 10.6 Å². The van der Waals surface area contributed by atoms with Gasteiger partial charge in [0.25, 0.3) is 5.91 Å². The average molecular weight is 243 g/mol. The van der Waals surface area contributed by atoms with Crippen molar-refractivity contribution in [2.45, 2.75) is 13.8 Å². The molecule has 0 fully saturated rings. The predicted molar refractivity (Wildman–Crippen MR) is 73.9 cm³/mol. The summed E-state index contributed by atoms with van der Waals surface area (Å²) in [4.78, 5) is 16.3. The third kappa shape index (κ3) is 2.27. The molecule has 0 spiro atoms. The maximum absolute atomic E-state index is 12.0. The molecule has 0 saturated heterocycles. The van der Waals surface area contributed by atoms with E-state index in [-0.39, 0.29) is 5.91 Å². The van der Waals surface area contributed by atoms with Crippen molar-refractivity contribution in [1.82, 2.24) is 10.3 Å². The number of pyridine rings is 1. The second kappa shape index (κ2) is 5.49. The van der Waals surface area contributed by atoms with E-state index in [1.807, 2.05) is 38.1 Å². The van der Waals surface area contributed by atoms with Gasteiger partial charge >= 0.3 is 0 Å². The number of nitrogens with one attached hydrogen (secondary N) is 2. The molecule has 0 saturated carbocycles. The molecule has 0 aliphatic heterocycles. The van der Waals surface area contributed by atoms with Gasteiger partial charge in [0.15, 0.2) is 0 Å². The number of carbonyl (C=O) groups is 1. The number of rotatable bonds is 4. The van der Waals surface area contributed by atoms with Crippen molar-refractivity contribution in [2.24, 2.45) is 0 Å². The van der Waals surface area contributed by atoms with Crippen molar-refractivity contribution in [3.8, 4) is 0 Å². The number of hydrogen-bond acceptors (Lipinski definition) is 3. The van der Waals surface area contributed by atoms with Crippen LogP contribution in [0.15, 0.2) is 30.5 Å². The van der Waals surface area contributed by atoms with Crippen molar-refractivity contribution >= 4 is 22.5 Å². The monoisotopic (exact) mass is 243 g/mol. The number of nitrogens with zero attached hydrogens (tertiary/aromatic N) is 1. The largest absolute Gasteiger partial charge is 0.370 e. The predicted octanol–water partition coefficient (Wildman–Crippen LogP) is 2.42. The van der Waals surface area contributed by atoms with E-state index in [9.17, 15) is 4.79 Å². The molecule has 0 radical (unpaired) electrons. The summed E-state index contributed by atoms with van der Waals surface area (Å²) < 4.78 is 0. The molecule has 0 aliphatic carbocycles. The van der Waals surface area contributed by atoms with Gasteiger partial charge in [0.2, 0.25) is 0 Å². The van der Waals surface area contributed by atoms with Crippen LogP contribution in [0.25, 0.3) is 10.8 Å². The Morgan fingerprint density at radius 3 is 2.56 bits per heavy atom. The Labute approximate surface area is 106 Å². The first kappa shape index (κ1) is 12.4. The van der Waals surface area contributed by atoms with Crippen molar-refractivity contribution < 1.29 is 4.79 Å². The minimum absolute atomic E-state index is 0.0794. The molecule has 2 N–H and O–H groups in total. The fourth-order valence-electron chi connectivity index (χ4n) is 1.94. The lowest BCUT2D eigenvalue weighted by Gasteiger charge is -2.10. The van der Waals surface area contributed by atoms with Gasteiger partial charge in [0, 0.05) is 24.7 Å². The molecule has 4 nitrogen and oxygen atoms in total. The summed E-state index contributed by atoms with van der Waals surface area (Å²) in [6.45, 7) is 5.34. The maximum Gasteiger partial charge on any atom is 0.253 e. The molecule has 0 aliphatic rings. The Hall–Kier alpha value is -2.10. The van der Waals surface area contributed by atoms with Gasteiger partial charge in [-0.3, -0.25) is 4.79 Å².